The molecule has 0 bridgehead atoms. The third kappa shape index (κ3) is 2.86. The third-order valence-corrected chi connectivity index (χ3v) is 4.01. The Balaban J connectivity index is 1.86. The zero-order chi connectivity index (χ0) is 11.5. The number of anilines is 1. The van der Waals surface area contributed by atoms with Crippen molar-refractivity contribution in [2.75, 3.05) is 18.0 Å². The number of nitrogens with zero attached hydrogens (tertiary/aromatic N) is 2. The predicted octanol–water partition coefficient (Wildman–Crippen LogP) is 2.49. The average molecular weight is 261 g/mol. The molecule has 0 aliphatic carbocycles. The molecule has 1 N–H and O–H groups in total. The van der Waals surface area contributed by atoms with Crippen molar-refractivity contribution < 1.29 is 9.90 Å². The summed E-state index contributed by atoms with van der Waals surface area (Å²) in [6, 6.07) is 0. The van der Waals surface area contributed by atoms with Crippen LogP contribution in [-0.2, 0) is 4.79 Å². The van der Waals surface area contributed by atoms with Gasteiger partial charge in [-0.15, -0.1) is 11.3 Å². The van der Waals surface area contributed by atoms with Crippen LogP contribution >= 0.6 is 22.9 Å². The summed E-state index contributed by atoms with van der Waals surface area (Å²) < 4.78 is 0. The number of thiazole rings is 1. The SMILES string of the molecule is O=C(O)CCC1CCN(c2nc(Cl)cs2)C1. The fourth-order valence-corrected chi connectivity index (χ4v) is 2.95. The van der Waals surface area contributed by atoms with E-state index < -0.39 is 5.97 Å². The van der Waals surface area contributed by atoms with Crippen LogP contribution in [0.25, 0.3) is 0 Å². The number of aliphatic carboxylic acids is 1. The van der Waals surface area contributed by atoms with Gasteiger partial charge in [0.05, 0.1) is 0 Å². The number of carboxylic acid groups (broad SMARTS) is 1. The van der Waals surface area contributed by atoms with Crippen LogP contribution in [0.15, 0.2) is 5.38 Å². The highest BCUT2D eigenvalue weighted by Gasteiger charge is 2.24. The van der Waals surface area contributed by atoms with Crippen LogP contribution in [0.4, 0.5) is 5.13 Å². The Labute approximate surface area is 103 Å². The maximum absolute atomic E-state index is 10.5. The fourth-order valence-electron chi connectivity index (χ4n) is 1.96. The molecular weight excluding hydrogens is 248 g/mol. The maximum Gasteiger partial charge on any atom is 0.303 e. The van der Waals surface area contributed by atoms with Crippen molar-refractivity contribution in [1.29, 1.82) is 0 Å². The molecule has 1 atom stereocenters. The van der Waals surface area contributed by atoms with Gasteiger partial charge in [-0.25, -0.2) is 4.98 Å². The highest BCUT2D eigenvalue weighted by atomic mass is 35.5. The average Bonchev–Trinajstić information content (AvgIpc) is 2.83. The van der Waals surface area contributed by atoms with Gasteiger partial charge in [-0.1, -0.05) is 11.6 Å². The van der Waals surface area contributed by atoms with Gasteiger partial charge in [-0.2, -0.15) is 0 Å². The Morgan fingerprint density at radius 2 is 2.56 bits per heavy atom. The molecule has 4 nitrogen and oxygen atoms in total. The zero-order valence-electron chi connectivity index (χ0n) is 8.73. The minimum atomic E-state index is -0.712. The molecule has 1 unspecified atom stereocenters. The lowest BCUT2D eigenvalue weighted by molar-refractivity contribution is -0.137. The Bertz CT molecular complexity index is 383. The third-order valence-electron chi connectivity index (χ3n) is 2.79. The quantitative estimate of drug-likeness (QED) is 0.904. The van der Waals surface area contributed by atoms with E-state index in [0.29, 0.717) is 11.1 Å². The molecule has 2 rings (SSSR count). The molecule has 1 saturated heterocycles. The van der Waals surface area contributed by atoms with Crippen molar-refractivity contribution in [2.45, 2.75) is 19.3 Å². The van der Waals surface area contributed by atoms with Gasteiger partial charge < -0.3 is 10.0 Å². The number of hydrogen-bond donors (Lipinski definition) is 1. The maximum atomic E-state index is 10.5. The summed E-state index contributed by atoms with van der Waals surface area (Å²) in [5.74, 6) is -0.241. The van der Waals surface area contributed by atoms with Crippen molar-refractivity contribution in [2.24, 2.45) is 5.92 Å². The summed E-state index contributed by atoms with van der Waals surface area (Å²) in [6.07, 6.45) is 2.06. The Kier molecular flexibility index (Phi) is 3.66. The molecule has 16 heavy (non-hydrogen) atoms. The van der Waals surface area contributed by atoms with E-state index in [1.165, 1.54) is 11.3 Å². The summed E-state index contributed by atoms with van der Waals surface area (Å²) >= 11 is 7.31. The van der Waals surface area contributed by atoms with Crippen LogP contribution in [-0.4, -0.2) is 29.1 Å². The zero-order valence-corrected chi connectivity index (χ0v) is 10.3. The highest BCUT2D eigenvalue weighted by molar-refractivity contribution is 7.14. The minimum Gasteiger partial charge on any atom is -0.481 e. The molecule has 0 aromatic carbocycles. The number of hydrogen-bond acceptors (Lipinski definition) is 4. The molecule has 1 aliphatic rings. The molecular formula is C10H13ClN2O2S. The van der Waals surface area contributed by atoms with Crippen LogP contribution in [0.3, 0.4) is 0 Å². The number of carbonyl (C=O) groups is 1. The lowest BCUT2D eigenvalue weighted by Crippen LogP contribution is -2.19. The molecule has 0 saturated carbocycles. The first-order valence-corrected chi connectivity index (χ1v) is 6.48. The minimum absolute atomic E-state index is 0.261. The van der Waals surface area contributed by atoms with E-state index in [2.05, 4.69) is 9.88 Å². The largest absolute Gasteiger partial charge is 0.481 e. The van der Waals surface area contributed by atoms with Gasteiger partial charge in [0.25, 0.3) is 0 Å². The normalized spacial score (nSPS) is 20.3. The molecule has 6 heteroatoms. The van der Waals surface area contributed by atoms with Gasteiger partial charge in [0.1, 0.15) is 5.15 Å². The van der Waals surface area contributed by atoms with Gasteiger partial charge in [0.15, 0.2) is 5.13 Å². The van der Waals surface area contributed by atoms with E-state index in [1.54, 1.807) is 0 Å². The number of halogens is 1. The second-order valence-electron chi connectivity index (χ2n) is 3.99. The first kappa shape index (κ1) is 11.7. The van der Waals surface area contributed by atoms with Gasteiger partial charge in [0, 0.05) is 24.9 Å². The standard InChI is InChI=1S/C10H13ClN2O2S/c11-8-6-16-10(12-8)13-4-3-7(5-13)1-2-9(14)15/h6-7H,1-5H2,(H,14,15). The van der Waals surface area contributed by atoms with Crippen molar-refractivity contribution in [3.05, 3.63) is 10.5 Å². The summed E-state index contributed by atoms with van der Waals surface area (Å²) in [5, 5.41) is 11.9. The van der Waals surface area contributed by atoms with E-state index in [0.717, 1.165) is 31.1 Å². The molecule has 2 heterocycles. The second kappa shape index (κ2) is 5.01. The van der Waals surface area contributed by atoms with E-state index in [1.807, 2.05) is 5.38 Å². The first-order chi connectivity index (χ1) is 7.65. The highest BCUT2D eigenvalue weighted by Crippen LogP contribution is 2.29. The van der Waals surface area contributed by atoms with E-state index >= 15 is 0 Å². The van der Waals surface area contributed by atoms with Crippen LogP contribution in [0.1, 0.15) is 19.3 Å². The Morgan fingerprint density at radius 3 is 3.19 bits per heavy atom. The molecule has 1 aromatic heterocycles. The smallest absolute Gasteiger partial charge is 0.303 e. The molecule has 0 radical (unpaired) electrons. The summed E-state index contributed by atoms with van der Waals surface area (Å²) in [4.78, 5) is 16.9. The molecule has 0 amide bonds. The summed E-state index contributed by atoms with van der Waals surface area (Å²) in [6.45, 7) is 1.85. The lowest BCUT2D eigenvalue weighted by atomic mass is 10.0. The predicted molar refractivity (Wildman–Crippen MR) is 64.3 cm³/mol. The van der Waals surface area contributed by atoms with E-state index in [9.17, 15) is 4.79 Å². The van der Waals surface area contributed by atoms with Crippen molar-refractivity contribution in [3.63, 3.8) is 0 Å². The Hall–Kier alpha value is -0.810. The number of carboxylic acids is 1. The van der Waals surface area contributed by atoms with Gasteiger partial charge in [-0.3, -0.25) is 4.79 Å². The van der Waals surface area contributed by atoms with Crippen molar-refractivity contribution in [3.8, 4) is 0 Å². The lowest BCUT2D eigenvalue weighted by Gasteiger charge is -2.14. The molecule has 88 valence electrons. The van der Waals surface area contributed by atoms with Crippen molar-refractivity contribution >= 4 is 34.0 Å². The topological polar surface area (TPSA) is 53.4 Å². The molecule has 1 aliphatic heterocycles. The molecule has 1 fully saturated rings. The number of rotatable bonds is 4. The van der Waals surface area contributed by atoms with Crippen LogP contribution in [0, 0.1) is 5.92 Å². The summed E-state index contributed by atoms with van der Waals surface area (Å²) in [5.41, 5.74) is 0. The monoisotopic (exact) mass is 260 g/mol. The van der Waals surface area contributed by atoms with Gasteiger partial charge in [-0.05, 0) is 18.8 Å². The van der Waals surface area contributed by atoms with Crippen molar-refractivity contribution in [1.82, 2.24) is 4.98 Å². The summed E-state index contributed by atoms with van der Waals surface area (Å²) in [7, 11) is 0. The van der Waals surface area contributed by atoms with Crippen LogP contribution in [0.5, 0.6) is 0 Å². The fraction of sp³-hybridized carbons (Fsp3) is 0.600. The van der Waals surface area contributed by atoms with E-state index in [4.69, 9.17) is 16.7 Å². The van der Waals surface area contributed by atoms with Crippen LogP contribution < -0.4 is 4.90 Å². The second-order valence-corrected chi connectivity index (χ2v) is 5.21. The first-order valence-electron chi connectivity index (χ1n) is 5.23. The Morgan fingerprint density at radius 1 is 1.75 bits per heavy atom. The van der Waals surface area contributed by atoms with Crippen LogP contribution in [0.2, 0.25) is 5.15 Å². The molecule has 0 spiro atoms. The van der Waals surface area contributed by atoms with Gasteiger partial charge >= 0.3 is 5.97 Å². The van der Waals surface area contributed by atoms with Gasteiger partial charge in [0.2, 0.25) is 0 Å². The molecule has 1 aromatic rings. The number of aromatic nitrogens is 1. The van der Waals surface area contributed by atoms with E-state index in [-0.39, 0.29) is 6.42 Å².